The zero-order valence-electron chi connectivity index (χ0n) is 11.6. The molecule has 110 valence electrons. The van der Waals surface area contributed by atoms with Crippen molar-refractivity contribution < 1.29 is 9.90 Å². The molecular weight excluding hydrogens is 288 g/mol. The molecule has 0 spiro atoms. The van der Waals surface area contributed by atoms with Gasteiger partial charge in [0.1, 0.15) is 17.4 Å². The van der Waals surface area contributed by atoms with E-state index < -0.39 is 5.91 Å². The summed E-state index contributed by atoms with van der Waals surface area (Å²) in [7, 11) is 0. The largest absolute Gasteiger partial charge is 0.507 e. The summed E-state index contributed by atoms with van der Waals surface area (Å²) in [5.41, 5.74) is 0.330. The maximum Gasteiger partial charge on any atom is 0.262 e. The third-order valence-corrected chi connectivity index (χ3v) is 3.83. The number of nitrogens with one attached hydrogen (secondary N) is 1. The Balaban J connectivity index is 2.14. The summed E-state index contributed by atoms with van der Waals surface area (Å²) < 4.78 is 0. The SMILES string of the molecule is N#C/C(=C\c1cc(Cl)ccc1O)C(=O)NC1CCCCC1. The Labute approximate surface area is 129 Å². The minimum atomic E-state index is -0.399. The summed E-state index contributed by atoms with van der Waals surface area (Å²) in [6, 6.07) is 6.51. The lowest BCUT2D eigenvalue weighted by molar-refractivity contribution is -0.117. The van der Waals surface area contributed by atoms with E-state index in [2.05, 4.69) is 5.32 Å². The topological polar surface area (TPSA) is 73.1 Å². The summed E-state index contributed by atoms with van der Waals surface area (Å²) >= 11 is 5.85. The lowest BCUT2D eigenvalue weighted by Crippen LogP contribution is -2.36. The van der Waals surface area contributed by atoms with Gasteiger partial charge in [0.25, 0.3) is 5.91 Å². The highest BCUT2D eigenvalue weighted by atomic mass is 35.5. The second-order valence-corrected chi connectivity index (χ2v) is 5.62. The number of phenolic OH excluding ortho intramolecular Hbond substituents is 1. The number of hydrogen-bond donors (Lipinski definition) is 2. The summed E-state index contributed by atoms with van der Waals surface area (Å²) in [6.07, 6.45) is 6.67. The first-order valence-corrected chi connectivity index (χ1v) is 7.39. The van der Waals surface area contributed by atoms with Gasteiger partial charge in [0.05, 0.1) is 0 Å². The molecule has 1 aromatic rings. The Kier molecular flexibility index (Phi) is 5.24. The molecule has 0 bridgehead atoms. The summed E-state index contributed by atoms with van der Waals surface area (Å²) in [6.45, 7) is 0. The van der Waals surface area contributed by atoms with Crippen LogP contribution in [0, 0.1) is 11.3 Å². The van der Waals surface area contributed by atoms with Crippen molar-refractivity contribution in [1.29, 1.82) is 5.26 Å². The van der Waals surface area contributed by atoms with Gasteiger partial charge in [-0.3, -0.25) is 4.79 Å². The van der Waals surface area contributed by atoms with E-state index in [4.69, 9.17) is 16.9 Å². The minimum absolute atomic E-state index is 0.0161. The van der Waals surface area contributed by atoms with Gasteiger partial charge in [-0.05, 0) is 37.1 Å². The van der Waals surface area contributed by atoms with E-state index >= 15 is 0 Å². The second-order valence-electron chi connectivity index (χ2n) is 5.18. The van der Waals surface area contributed by atoms with E-state index in [9.17, 15) is 9.90 Å². The molecule has 0 radical (unpaired) electrons. The van der Waals surface area contributed by atoms with Crippen LogP contribution in [0.5, 0.6) is 5.75 Å². The number of nitrogens with zero attached hydrogens (tertiary/aromatic N) is 1. The number of hydrogen-bond acceptors (Lipinski definition) is 3. The molecule has 1 saturated carbocycles. The summed E-state index contributed by atoms with van der Waals surface area (Å²) in [5.74, 6) is -0.415. The fraction of sp³-hybridized carbons (Fsp3) is 0.375. The van der Waals surface area contributed by atoms with Crippen molar-refractivity contribution in [2.75, 3.05) is 0 Å². The summed E-state index contributed by atoms with van der Waals surface area (Å²) in [4.78, 5) is 12.1. The Hall–Kier alpha value is -1.99. The van der Waals surface area contributed by atoms with Crippen molar-refractivity contribution in [2.45, 2.75) is 38.1 Å². The van der Waals surface area contributed by atoms with E-state index in [1.54, 1.807) is 6.07 Å². The van der Waals surface area contributed by atoms with Crippen LogP contribution >= 0.6 is 11.6 Å². The molecule has 2 N–H and O–H groups in total. The Morgan fingerprint density at radius 3 is 2.76 bits per heavy atom. The van der Waals surface area contributed by atoms with Gasteiger partial charge in [-0.2, -0.15) is 5.26 Å². The first-order valence-electron chi connectivity index (χ1n) is 7.01. The van der Waals surface area contributed by atoms with E-state index in [0.29, 0.717) is 10.6 Å². The molecular formula is C16H17ClN2O2. The quantitative estimate of drug-likeness (QED) is 0.664. The van der Waals surface area contributed by atoms with Crippen LogP contribution < -0.4 is 5.32 Å². The highest BCUT2D eigenvalue weighted by Crippen LogP contribution is 2.24. The van der Waals surface area contributed by atoms with Crippen molar-refractivity contribution in [2.24, 2.45) is 0 Å². The number of carbonyl (C=O) groups excluding carboxylic acids is 1. The second kappa shape index (κ2) is 7.14. The molecule has 0 unspecified atom stereocenters. The van der Waals surface area contributed by atoms with Gasteiger partial charge in [-0.15, -0.1) is 0 Å². The molecule has 0 atom stereocenters. The van der Waals surface area contributed by atoms with Gasteiger partial charge >= 0.3 is 0 Å². The zero-order valence-corrected chi connectivity index (χ0v) is 12.4. The third-order valence-electron chi connectivity index (χ3n) is 3.59. The van der Waals surface area contributed by atoms with Crippen LogP contribution in [0.3, 0.4) is 0 Å². The van der Waals surface area contributed by atoms with Gasteiger partial charge in [0, 0.05) is 16.6 Å². The van der Waals surface area contributed by atoms with E-state index in [1.807, 2.05) is 6.07 Å². The van der Waals surface area contributed by atoms with Gasteiger partial charge in [-0.25, -0.2) is 0 Å². The molecule has 2 rings (SSSR count). The van der Waals surface area contributed by atoms with Crippen molar-refractivity contribution >= 4 is 23.6 Å². The van der Waals surface area contributed by atoms with Crippen LogP contribution in [0.1, 0.15) is 37.7 Å². The number of amides is 1. The lowest BCUT2D eigenvalue weighted by Gasteiger charge is -2.22. The molecule has 5 heteroatoms. The maximum absolute atomic E-state index is 12.1. The van der Waals surface area contributed by atoms with E-state index in [0.717, 1.165) is 25.7 Å². The number of halogens is 1. The zero-order chi connectivity index (χ0) is 15.2. The molecule has 1 aliphatic carbocycles. The van der Waals surface area contributed by atoms with Crippen molar-refractivity contribution in [3.8, 4) is 11.8 Å². The fourth-order valence-corrected chi connectivity index (χ4v) is 2.64. The molecule has 4 nitrogen and oxygen atoms in total. The number of nitriles is 1. The molecule has 21 heavy (non-hydrogen) atoms. The first kappa shape index (κ1) is 15.4. The Bertz CT molecular complexity index is 599. The van der Waals surface area contributed by atoms with Crippen LogP contribution in [0.4, 0.5) is 0 Å². The predicted octanol–water partition coefficient (Wildman–Crippen LogP) is 3.40. The van der Waals surface area contributed by atoms with Crippen molar-refractivity contribution in [1.82, 2.24) is 5.32 Å². The average molecular weight is 305 g/mol. The van der Waals surface area contributed by atoms with Crippen LogP contribution in [0.15, 0.2) is 23.8 Å². The first-order chi connectivity index (χ1) is 10.1. The number of aromatic hydroxyl groups is 1. The van der Waals surface area contributed by atoms with E-state index in [1.165, 1.54) is 24.6 Å². The van der Waals surface area contributed by atoms with Crippen molar-refractivity contribution in [3.05, 3.63) is 34.4 Å². The normalized spacial score (nSPS) is 16.3. The number of carbonyl (C=O) groups is 1. The molecule has 1 aromatic carbocycles. The lowest BCUT2D eigenvalue weighted by atomic mass is 9.95. The number of rotatable bonds is 3. The van der Waals surface area contributed by atoms with Gasteiger partial charge in [0.15, 0.2) is 0 Å². The fourth-order valence-electron chi connectivity index (χ4n) is 2.46. The van der Waals surface area contributed by atoms with Gasteiger partial charge in [0.2, 0.25) is 0 Å². The van der Waals surface area contributed by atoms with Crippen LogP contribution in [-0.2, 0) is 4.79 Å². The number of benzene rings is 1. The highest BCUT2D eigenvalue weighted by molar-refractivity contribution is 6.30. The monoisotopic (exact) mass is 304 g/mol. The molecule has 1 fully saturated rings. The third kappa shape index (κ3) is 4.24. The molecule has 1 amide bonds. The predicted molar refractivity (Wildman–Crippen MR) is 81.7 cm³/mol. The van der Waals surface area contributed by atoms with Crippen LogP contribution in [0.25, 0.3) is 6.08 Å². The minimum Gasteiger partial charge on any atom is -0.507 e. The molecule has 0 aromatic heterocycles. The molecule has 0 aliphatic heterocycles. The maximum atomic E-state index is 12.1. The van der Waals surface area contributed by atoms with Crippen LogP contribution in [-0.4, -0.2) is 17.1 Å². The highest BCUT2D eigenvalue weighted by Gasteiger charge is 2.18. The summed E-state index contributed by atoms with van der Waals surface area (Å²) in [5, 5.41) is 22.2. The van der Waals surface area contributed by atoms with Gasteiger partial charge < -0.3 is 10.4 Å². The molecule has 1 aliphatic rings. The molecule has 0 heterocycles. The Morgan fingerprint density at radius 1 is 1.38 bits per heavy atom. The Morgan fingerprint density at radius 2 is 2.10 bits per heavy atom. The molecule has 0 saturated heterocycles. The van der Waals surface area contributed by atoms with E-state index in [-0.39, 0.29) is 17.4 Å². The van der Waals surface area contributed by atoms with Crippen LogP contribution in [0.2, 0.25) is 5.02 Å². The standard InChI is InChI=1S/C16H17ClN2O2/c17-13-6-7-15(20)11(9-13)8-12(10-18)16(21)19-14-4-2-1-3-5-14/h6-9,14,20H,1-5H2,(H,19,21)/b12-8+. The number of phenols is 1. The van der Waals surface area contributed by atoms with Crippen molar-refractivity contribution in [3.63, 3.8) is 0 Å². The smallest absolute Gasteiger partial charge is 0.262 e. The average Bonchev–Trinajstić information content (AvgIpc) is 2.49. The van der Waals surface area contributed by atoms with Gasteiger partial charge in [-0.1, -0.05) is 30.9 Å².